The summed E-state index contributed by atoms with van der Waals surface area (Å²) >= 11 is 0. The molecule has 0 bridgehead atoms. The lowest BCUT2D eigenvalue weighted by Crippen LogP contribution is -2.36. The maximum Gasteiger partial charge on any atom is 0.227 e. The van der Waals surface area contributed by atoms with E-state index in [1.165, 1.54) is 0 Å². The van der Waals surface area contributed by atoms with Gasteiger partial charge in [-0.3, -0.25) is 4.79 Å². The topological polar surface area (TPSA) is 93.4 Å². The van der Waals surface area contributed by atoms with Crippen molar-refractivity contribution in [2.45, 2.75) is 40.2 Å². The Morgan fingerprint density at radius 2 is 2.18 bits per heavy atom. The third-order valence-corrected chi connectivity index (χ3v) is 5.47. The summed E-state index contributed by atoms with van der Waals surface area (Å²) < 4.78 is 28.2. The van der Waals surface area contributed by atoms with Gasteiger partial charge in [0, 0.05) is 13.0 Å². The minimum absolute atomic E-state index is 0.0484. The van der Waals surface area contributed by atoms with Crippen molar-refractivity contribution >= 4 is 15.7 Å². The summed E-state index contributed by atoms with van der Waals surface area (Å²) in [7, 11) is -3.06. The first-order valence-electron chi connectivity index (χ1n) is 7.61. The molecule has 1 saturated heterocycles. The van der Waals surface area contributed by atoms with Gasteiger partial charge in [0.1, 0.15) is 0 Å². The Hall–Kier alpha value is -1.44. The van der Waals surface area contributed by atoms with Crippen LogP contribution in [0.1, 0.15) is 38.9 Å². The second-order valence-corrected chi connectivity index (χ2v) is 8.38. The van der Waals surface area contributed by atoms with E-state index in [1.54, 1.807) is 4.90 Å². The molecule has 1 aliphatic heterocycles. The van der Waals surface area contributed by atoms with Gasteiger partial charge in [0.15, 0.2) is 15.7 Å². The average Bonchev–Trinajstić information content (AvgIpc) is 3.01. The standard InChI is InChI=1S/C14H23N3O4S/c1-4-17(14(18)11-5-6-22(19,20)9-11)8-12-15-13(21-16-12)7-10(2)3/h10-11H,4-9H2,1-3H3/t11-/m0/s1. The van der Waals surface area contributed by atoms with E-state index < -0.39 is 15.8 Å². The molecule has 0 saturated carbocycles. The van der Waals surface area contributed by atoms with E-state index in [4.69, 9.17) is 4.52 Å². The van der Waals surface area contributed by atoms with E-state index in [-0.39, 0.29) is 24.0 Å². The SMILES string of the molecule is CCN(Cc1noc(CC(C)C)n1)C(=O)[C@H]1CCS(=O)(=O)C1. The van der Waals surface area contributed by atoms with Crippen molar-refractivity contribution in [1.29, 1.82) is 0 Å². The molecule has 1 fully saturated rings. The Labute approximate surface area is 131 Å². The minimum atomic E-state index is -3.06. The first kappa shape index (κ1) is 16.9. The fraction of sp³-hybridized carbons (Fsp3) is 0.786. The molecular formula is C14H23N3O4S. The molecule has 0 radical (unpaired) electrons. The van der Waals surface area contributed by atoms with Crippen LogP contribution in [0.5, 0.6) is 0 Å². The van der Waals surface area contributed by atoms with Crippen LogP contribution in [0.25, 0.3) is 0 Å². The molecule has 2 rings (SSSR count). The van der Waals surface area contributed by atoms with Crippen molar-refractivity contribution in [2.75, 3.05) is 18.1 Å². The molecule has 0 spiro atoms. The number of rotatable bonds is 6. The second-order valence-electron chi connectivity index (χ2n) is 6.15. The fourth-order valence-corrected chi connectivity index (χ4v) is 4.28. The Morgan fingerprint density at radius 3 is 2.73 bits per heavy atom. The fourth-order valence-electron chi connectivity index (χ4n) is 2.55. The van der Waals surface area contributed by atoms with Crippen LogP contribution in [0.4, 0.5) is 0 Å². The number of amides is 1. The molecule has 0 aliphatic carbocycles. The van der Waals surface area contributed by atoms with Gasteiger partial charge in [-0.05, 0) is 19.3 Å². The van der Waals surface area contributed by atoms with Crippen LogP contribution >= 0.6 is 0 Å². The Bertz CT molecular complexity index is 624. The number of sulfone groups is 1. The van der Waals surface area contributed by atoms with E-state index in [1.807, 2.05) is 6.92 Å². The van der Waals surface area contributed by atoms with Gasteiger partial charge in [-0.1, -0.05) is 19.0 Å². The Balaban J connectivity index is 2.00. The zero-order valence-electron chi connectivity index (χ0n) is 13.3. The van der Waals surface area contributed by atoms with E-state index in [9.17, 15) is 13.2 Å². The van der Waals surface area contributed by atoms with E-state index >= 15 is 0 Å². The van der Waals surface area contributed by atoms with Crippen molar-refractivity contribution < 1.29 is 17.7 Å². The van der Waals surface area contributed by atoms with Crippen molar-refractivity contribution in [3.63, 3.8) is 0 Å². The lowest BCUT2D eigenvalue weighted by atomic mass is 10.1. The Morgan fingerprint density at radius 1 is 1.45 bits per heavy atom. The summed E-state index contributed by atoms with van der Waals surface area (Å²) in [5.74, 6) is 0.921. The molecule has 7 nitrogen and oxygen atoms in total. The number of hydrogen-bond acceptors (Lipinski definition) is 6. The highest BCUT2D eigenvalue weighted by Crippen LogP contribution is 2.21. The molecule has 0 unspecified atom stereocenters. The summed E-state index contributed by atoms with van der Waals surface area (Å²) in [6.07, 6.45) is 1.11. The molecule has 1 atom stereocenters. The summed E-state index contributed by atoms with van der Waals surface area (Å²) in [6.45, 7) is 6.73. The number of carbonyl (C=O) groups excluding carboxylic acids is 1. The molecule has 1 aromatic heterocycles. The van der Waals surface area contributed by atoms with E-state index in [0.717, 1.165) is 0 Å². The smallest absolute Gasteiger partial charge is 0.227 e. The maximum atomic E-state index is 12.4. The predicted octanol–water partition coefficient (Wildman–Crippen LogP) is 1.05. The van der Waals surface area contributed by atoms with Gasteiger partial charge in [0.25, 0.3) is 0 Å². The van der Waals surface area contributed by atoms with E-state index in [2.05, 4.69) is 24.0 Å². The van der Waals surface area contributed by atoms with Crippen LogP contribution < -0.4 is 0 Å². The van der Waals surface area contributed by atoms with Gasteiger partial charge in [-0.15, -0.1) is 0 Å². The summed E-state index contributed by atoms with van der Waals surface area (Å²) in [6, 6.07) is 0. The molecular weight excluding hydrogens is 306 g/mol. The number of nitrogens with zero attached hydrogens (tertiary/aromatic N) is 3. The zero-order chi connectivity index (χ0) is 16.3. The van der Waals surface area contributed by atoms with Gasteiger partial charge >= 0.3 is 0 Å². The monoisotopic (exact) mass is 329 g/mol. The maximum absolute atomic E-state index is 12.4. The molecule has 0 aromatic carbocycles. The van der Waals surface area contributed by atoms with Crippen molar-refractivity contribution in [1.82, 2.24) is 15.0 Å². The Kier molecular flexibility index (Phi) is 5.20. The van der Waals surface area contributed by atoms with Crippen LogP contribution in [0.2, 0.25) is 0 Å². The molecule has 124 valence electrons. The molecule has 1 amide bonds. The van der Waals surface area contributed by atoms with Crippen molar-refractivity contribution in [2.24, 2.45) is 11.8 Å². The average molecular weight is 329 g/mol. The van der Waals surface area contributed by atoms with Crippen molar-refractivity contribution in [3.05, 3.63) is 11.7 Å². The predicted molar refractivity (Wildman–Crippen MR) is 80.7 cm³/mol. The molecule has 22 heavy (non-hydrogen) atoms. The van der Waals surface area contributed by atoms with Crippen LogP contribution in [0.3, 0.4) is 0 Å². The van der Waals surface area contributed by atoms with Gasteiger partial charge < -0.3 is 9.42 Å². The van der Waals surface area contributed by atoms with Crippen LogP contribution in [-0.4, -0.2) is 47.4 Å². The highest BCUT2D eigenvalue weighted by Gasteiger charge is 2.35. The number of aromatic nitrogens is 2. The van der Waals surface area contributed by atoms with Gasteiger partial charge in [-0.2, -0.15) is 4.98 Å². The summed E-state index contributed by atoms with van der Waals surface area (Å²) in [5.41, 5.74) is 0. The third kappa shape index (κ3) is 4.28. The molecule has 1 aromatic rings. The number of carbonyl (C=O) groups is 1. The lowest BCUT2D eigenvalue weighted by molar-refractivity contribution is -0.135. The minimum Gasteiger partial charge on any atom is -0.339 e. The zero-order valence-corrected chi connectivity index (χ0v) is 14.1. The summed E-state index contributed by atoms with van der Waals surface area (Å²) in [5, 5.41) is 3.90. The van der Waals surface area contributed by atoms with Gasteiger partial charge in [0.05, 0.1) is 24.0 Å². The van der Waals surface area contributed by atoms with Crippen LogP contribution in [-0.2, 0) is 27.6 Å². The second kappa shape index (κ2) is 6.76. The third-order valence-electron chi connectivity index (χ3n) is 3.70. The molecule has 0 N–H and O–H groups in total. The van der Waals surface area contributed by atoms with Gasteiger partial charge in [0.2, 0.25) is 11.8 Å². The molecule has 8 heteroatoms. The largest absolute Gasteiger partial charge is 0.339 e. The number of hydrogen-bond donors (Lipinski definition) is 0. The van der Waals surface area contributed by atoms with E-state index in [0.29, 0.717) is 37.0 Å². The van der Waals surface area contributed by atoms with Crippen molar-refractivity contribution in [3.8, 4) is 0 Å². The molecule has 2 heterocycles. The molecule has 1 aliphatic rings. The van der Waals surface area contributed by atoms with Crippen LogP contribution in [0.15, 0.2) is 4.52 Å². The highest BCUT2D eigenvalue weighted by molar-refractivity contribution is 7.91. The normalized spacial score (nSPS) is 20.5. The lowest BCUT2D eigenvalue weighted by Gasteiger charge is -2.22. The van der Waals surface area contributed by atoms with Gasteiger partial charge in [-0.25, -0.2) is 8.42 Å². The van der Waals surface area contributed by atoms with Crippen LogP contribution in [0, 0.1) is 11.8 Å². The quantitative estimate of drug-likeness (QED) is 0.774. The first-order valence-corrected chi connectivity index (χ1v) is 9.43. The first-order chi connectivity index (χ1) is 10.3. The summed E-state index contributed by atoms with van der Waals surface area (Å²) in [4.78, 5) is 18.3. The highest BCUT2D eigenvalue weighted by atomic mass is 32.2.